The van der Waals surface area contributed by atoms with Crippen molar-refractivity contribution in [2.45, 2.75) is 41.7 Å². The molecule has 1 N–H and O–H groups in total. The van der Waals surface area contributed by atoms with Gasteiger partial charge in [-0.2, -0.15) is 0 Å². The van der Waals surface area contributed by atoms with E-state index in [1.807, 2.05) is 0 Å². The van der Waals surface area contributed by atoms with E-state index >= 15 is 0 Å². The minimum absolute atomic E-state index is 0.512. The maximum atomic E-state index is 5.39. The van der Waals surface area contributed by atoms with Crippen molar-refractivity contribution in [2.75, 3.05) is 7.05 Å². The van der Waals surface area contributed by atoms with E-state index in [2.05, 4.69) is 47.7 Å². The molecule has 3 rings (SSSR count). The van der Waals surface area contributed by atoms with Crippen LogP contribution >= 0.6 is 11.8 Å². The first-order chi connectivity index (χ1) is 9.86. The largest absolute Gasteiger partial charge is 0.440 e. The first kappa shape index (κ1) is 13.7. The molecule has 0 spiro atoms. The summed E-state index contributed by atoms with van der Waals surface area (Å²) in [4.78, 5) is 4.25. The second-order valence-electron chi connectivity index (χ2n) is 5.27. The van der Waals surface area contributed by atoms with Gasteiger partial charge in [0.05, 0.1) is 6.20 Å². The summed E-state index contributed by atoms with van der Waals surface area (Å²) >= 11 is 1.76. The Balaban J connectivity index is 1.72. The van der Waals surface area contributed by atoms with Crippen LogP contribution in [-0.4, -0.2) is 23.3 Å². The lowest BCUT2D eigenvalue weighted by Gasteiger charge is -2.35. The predicted octanol–water partition coefficient (Wildman–Crippen LogP) is 3.69. The summed E-state index contributed by atoms with van der Waals surface area (Å²) in [6, 6.07) is 11.4. The molecule has 2 aromatic rings. The fourth-order valence-electron chi connectivity index (χ4n) is 3.02. The van der Waals surface area contributed by atoms with Gasteiger partial charge in [-0.05, 0) is 37.8 Å². The number of oxazole rings is 1. The molecule has 1 heterocycles. The molecular weight excluding hydrogens is 268 g/mol. The summed E-state index contributed by atoms with van der Waals surface area (Å²) in [5, 5.41) is 4.74. The van der Waals surface area contributed by atoms with E-state index in [4.69, 9.17) is 4.42 Å². The Kier molecular flexibility index (Phi) is 4.43. The molecule has 1 saturated carbocycles. The van der Waals surface area contributed by atoms with Gasteiger partial charge in [0.1, 0.15) is 6.26 Å². The van der Waals surface area contributed by atoms with E-state index in [0.717, 1.165) is 5.22 Å². The van der Waals surface area contributed by atoms with E-state index in [1.165, 1.54) is 24.8 Å². The molecule has 3 atom stereocenters. The molecule has 1 aliphatic rings. The molecule has 0 radical (unpaired) electrons. The Labute approximate surface area is 124 Å². The number of thioether (sulfide) groups is 1. The number of nitrogens with zero attached hydrogens (tertiary/aromatic N) is 1. The summed E-state index contributed by atoms with van der Waals surface area (Å²) in [5.41, 5.74) is 1.46. The third kappa shape index (κ3) is 3.07. The highest BCUT2D eigenvalue weighted by molar-refractivity contribution is 7.99. The van der Waals surface area contributed by atoms with Crippen LogP contribution in [-0.2, 0) is 0 Å². The Morgan fingerprint density at radius 1 is 1.25 bits per heavy atom. The van der Waals surface area contributed by atoms with Crippen LogP contribution < -0.4 is 5.32 Å². The Morgan fingerprint density at radius 2 is 2.10 bits per heavy atom. The monoisotopic (exact) mass is 288 g/mol. The van der Waals surface area contributed by atoms with Crippen LogP contribution in [0.4, 0.5) is 0 Å². The van der Waals surface area contributed by atoms with Crippen LogP contribution in [0.5, 0.6) is 0 Å². The SMILES string of the molecule is CNC1CCC(c2ccccc2)CC1Sc1ncco1. The van der Waals surface area contributed by atoms with Crippen LogP contribution in [0.1, 0.15) is 30.7 Å². The van der Waals surface area contributed by atoms with Crippen molar-refractivity contribution in [3.05, 3.63) is 48.4 Å². The number of rotatable bonds is 4. The normalized spacial score (nSPS) is 26.6. The zero-order valence-corrected chi connectivity index (χ0v) is 12.5. The van der Waals surface area contributed by atoms with Crippen molar-refractivity contribution in [1.82, 2.24) is 10.3 Å². The summed E-state index contributed by atoms with van der Waals surface area (Å²) < 4.78 is 5.39. The van der Waals surface area contributed by atoms with E-state index in [0.29, 0.717) is 17.2 Å². The summed E-state index contributed by atoms with van der Waals surface area (Å²) in [6.07, 6.45) is 6.98. The van der Waals surface area contributed by atoms with Gasteiger partial charge in [0.25, 0.3) is 5.22 Å². The van der Waals surface area contributed by atoms with Crippen molar-refractivity contribution in [3.8, 4) is 0 Å². The maximum absolute atomic E-state index is 5.39. The van der Waals surface area contributed by atoms with Gasteiger partial charge in [-0.25, -0.2) is 4.98 Å². The Hall–Kier alpha value is -1.26. The van der Waals surface area contributed by atoms with Crippen molar-refractivity contribution >= 4 is 11.8 Å². The first-order valence-electron chi connectivity index (χ1n) is 7.15. The molecule has 0 bridgehead atoms. The number of benzene rings is 1. The van der Waals surface area contributed by atoms with Gasteiger partial charge in [0, 0.05) is 11.3 Å². The molecule has 20 heavy (non-hydrogen) atoms. The minimum atomic E-state index is 0.512. The van der Waals surface area contributed by atoms with E-state index < -0.39 is 0 Å². The zero-order valence-electron chi connectivity index (χ0n) is 11.7. The topological polar surface area (TPSA) is 38.1 Å². The molecular formula is C16H20N2OS. The van der Waals surface area contributed by atoms with Crippen molar-refractivity contribution in [2.24, 2.45) is 0 Å². The van der Waals surface area contributed by atoms with Crippen LogP contribution in [0.2, 0.25) is 0 Å². The number of nitrogens with one attached hydrogen (secondary N) is 1. The van der Waals surface area contributed by atoms with Crippen molar-refractivity contribution in [3.63, 3.8) is 0 Å². The second kappa shape index (κ2) is 6.46. The van der Waals surface area contributed by atoms with Crippen LogP contribution in [0.25, 0.3) is 0 Å². The minimum Gasteiger partial charge on any atom is -0.440 e. The average molecular weight is 288 g/mol. The van der Waals surface area contributed by atoms with Gasteiger partial charge >= 0.3 is 0 Å². The van der Waals surface area contributed by atoms with E-state index in [9.17, 15) is 0 Å². The fraction of sp³-hybridized carbons (Fsp3) is 0.438. The lowest BCUT2D eigenvalue weighted by Crippen LogP contribution is -2.40. The molecule has 1 aromatic carbocycles. The second-order valence-corrected chi connectivity index (χ2v) is 6.46. The molecule has 0 amide bonds. The lowest BCUT2D eigenvalue weighted by molar-refractivity contribution is 0.365. The summed E-state index contributed by atoms with van der Waals surface area (Å²) in [5.74, 6) is 0.647. The van der Waals surface area contributed by atoms with Gasteiger partial charge in [-0.1, -0.05) is 42.1 Å². The van der Waals surface area contributed by atoms with Gasteiger partial charge in [0.2, 0.25) is 0 Å². The third-order valence-electron chi connectivity index (χ3n) is 4.10. The molecule has 3 unspecified atom stereocenters. The van der Waals surface area contributed by atoms with Crippen LogP contribution in [0, 0.1) is 0 Å². The standard InChI is InChI=1S/C16H20N2OS/c1-17-14-8-7-13(12-5-3-2-4-6-12)11-15(14)20-16-18-9-10-19-16/h2-6,9-10,13-15,17H,7-8,11H2,1H3. The highest BCUT2D eigenvalue weighted by atomic mass is 32.2. The molecule has 1 aromatic heterocycles. The average Bonchev–Trinajstić information content (AvgIpc) is 3.01. The molecule has 0 saturated heterocycles. The van der Waals surface area contributed by atoms with Gasteiger partial charge in [-0.3, -0.25) is 0 Å². The zero-order chi connectivity index (χ0) is 13.8. The molecule has 1 fully saturated rings. The quantitative estimate of drug-likeness (QED) is 0.931. The molecule has 1 aliphatic carbocycles. The van der Waals surface area contributed by atoms with E-state index in [1.54, 1.807) is 24.2 Å². The van der Waals surface area contributed by atoms with Crippen LogP contribution in [0.3, 0.4) is 0 Å². The van der Waals surface area contributed by atoms with Gasteiger partial charge in [0.15, 0.2) is 0 Å². The Morgan fingerprint density at radius 3 is 2.80 bits per heavy atom. The maximum Gasteiger partial charge on any atom is 0.255 e. The smallest absolute Gasteiger partial charge is 0.255 e. The predicted molar refractivity (Wildman–Crippen MR) is 82.0 cm³/mol. The van der Waals surface area contributed by atoms with Crippen molar-refractivity contribution in [1.29, 1.82) is 0 Å². The summed E-state index contributed by atoms with van der Waals surface area (Å²) in [6.45, 7) is 0. The number of hydrogen-bond acceptors (Lipinski definition) is 4. The number of aromatic nitrogens is 1. The summed E-state index contributed by atoms with van der Waals surface area (Å²) in [7, 11) is 2.05. The third-order valence-corrected chi connectivity index (χ3v) is 5.32. The molecule has 3 nitrogen and oxygen atoms in total. The van der Waals surface area contributed by atoms with Gasteiger partial charge in [-0.15, -0.1) is 0 Å². The Bertz CT molecular complexity index is 515. The van der Waals surface area contributed by atoms with Gasteiger partial charge < -0.3 is 9.73 Å². The van der Waals surface area contributed by atoms with E-state index in [-0.39, 0.29) is 0 Å². The molecule has 4 heteroatoms. The highest BCUT2D eigenvalue weighted by Gasteiger charge is 2.31. The first-order valence-corrected chi connectivity index (χ1v) is 8.03. The van der Waals surface area contributed by atoms with Crippen LogP contribution in [0.15, 0.2) is 52.4 Å². The number of hydrogen-bond donors (Lipinski definition) is 1. The molecule has 0 aliphatic heterocycles. The molecule has 106 valence electrons. The highest BCUT2D eigenvalue weighted by Crippen LogP contribution is 2.40. The lowest BCUT2D eigenvalue weighted by atomic mass is 9.81. The fourth-order valence-corrected chi connectivity index (χ4v) is 4.27. The van der Waals surface area contributed by atoms with Crippen molar-refractivity contribution < 1.29 is 4.42 Å².